The average molecular weight is 260 g/mol. The number of rotatable bonds is 8. The predicted molar refractivity (Wildman–Crippen MR) is 75.2 cm³/mol. The second-order valence-corrected chi connectivity index (χ2v) is 5.99. The Morgan fingerprint density at radius 3 is 2.53 bits per heavy atom. The van der Waals surface area contributed by atoms with Gasteiger partial charge in [-0.15, -0.1) is 0 Å². The molecule has 17 heavy (non-hydrogen) atoms. The van der Waals surface area contributed by atoms with Crippen molar-refractivity contribution < 1.29 is 10.0 Å². The summed E-state index contributed by atoms with van der Waals surface area (Å²) in [5.74, 6) is 2.51. The van der Waals surface area contributed by atoms with Crippen LogP contribution in [-0.4, -0.2) is 59.2 Å². The molecule has 0 aromatic carbocycles. The third kappa shape index (κ3) is 8.05. The molecule has 0 saturated carbocycles. The van der Waals surface area contributed by atoms with Gasteiger partial charge in [-0.1, -0.05) is 12.8 Å². The molecular weight excluding hydrogens is 235 g/mol. The first kappa shape index (κ1) is 15.3. The van der Waals surface area contributed by atoms with Gasteiger partial charge in [0, 0.05) is 30.6 Å². The summed E-state index contributed by atoms with van der Waals surface area (Å²) >= 11 is 2.03. The van der Waals surface area contributed by atoms with E-state index in [4.69, 9.17) is 15.8 Å². The highest BCUT2D eigenvalue weighted by atomic mass is 32.2. The van der Waals surface area contributed by atoms with E-state index < -0.39 is 7.12 Å². The topological polar surface area (TPSA) is 69.7 Å². The van der Waals surface area contributed by atoms with Crippen LogP contribution in [0.15, 0.2) is 0 Å². The summed E-state index contributed by atoms with van der Waals surface area (Å²) in [4.78, 5) is 2.49. The van der Waals surface area contributed by atoms with Gasteiger partial charge in [0.05, 0.1) is 0 Å². The minimum Gasteiger partial charge on any atom is -0.427 e. The second kappa shape index (κ2) is 9.22. The molecule has 4 N–H and O–H groups in total. The number of nitrogens with zero attached hydrogens (tertiary/aromatic N) is 1. The lowest BCUT2D eigenvalue weighted by Crippen LogP contribution is -2.36. The molecule has 0 radical (unpaired) electrons. The predicted octanol–water partition coefficient (Wildman–Crippen LogP) is 0.396. The molecule has 1 rings (SSSR count). The van der Waals surface area contributed by atoms with Gasteiger partial charge in [-0.3, -0.25) is 0 Å². The molecule has 1 fully saturated rings. The van der Waals surface area contributed by atoms with Gasteiger partial charge in [0.25, 0.3) is 0 Å². The Hall–Kier alpha value is 0.255. The van der Waals surface area contributed by atoms with Gasteiger partial charge in [-0.05, 0) is 25.7 Å². The molecule has 4 nitrogen and oxygen atoms in total. The zero-order chi connectivity index (χ0) is 12.5. The van der Waals surface area contributed by atoms with Gasteiger partial charge in [-0.25, -0.2) is 0 Å². The highest BCUT2D eigenvalue weighted by Crippen LogP contribution is 2.11. The van der Waals surface area contributed by atoms with E-state index in [9.17, 15) is 0 Å². The first-order valence-electron chi connectivity index (χ1n) is 6.60. The van der Waals surface area contributed by atoms with Crippen LogP contribution in [-0.2, 0) is 0 Å². The first-order chi connectivity index (χ1) is 8.18. The quantitative estimate of drug-likeness (QED) is 0.435. The molecule has 0 aliphatic carbocycles. The molecule has 6 heteroatoms. The van der Waals surface area contributed by atoms with Gasteiger partial charge in [-0.2, -0.15) is 11.8 Å². The van der Waals surface area contributed by atoms with Crippen LogP contribution in [0, 0.1) is 0 Å². The fourth-order valence-electron chi connectivity index (χ4n) is 2.05. The minimum absolute atomic E-state index is 0.264. The highest BCUT2D eigenvalue weighted by molar-refractivity contribution is 7.99. The van der Waals surface area contributed by atoms with Crippen molar-refractivity contribution in [2.45, 2.75) is 38.0 Å². The van der Waals surface area contributed by atoms with Crippen LogP contribution in [0.3, 0.4) is 0 Å². The van der Waals surface area contributed by atoms with Crippen LogP contribution >= 0.6 is 11.8 Å². The summed E-state index contributed by atoms with van der Waals surface area (Å²) in [6.07, 6.45) is 4.37. The third-order valence-electron chi connectivity index (χ3n) is 3.21. The Kier molecular flexibility index (Phi) is 8.31. The largest absolute Gasteiger partial charge is 0.451 e. The number of unbranched alkanes of at least 4 members (excludes halogenated alkanes) is 1. The van der Waals surface area contributed by atoms with Crippen LogP contribution < -0.4 is 5.73 Å². The zero-order valence-electron chi connectivity index (χ0n) is 10.6. The monoisotopic (exact) mass is 260 g/mol. The fourth-order valence-corrected chi connectivity index (χ4v) is 3.03. The van der Waals surface area contributed by atoms with Crippen molar-refractivity contribution in [1.29, 1.82) is 0 Å². The number of nitrogens with two attached hydrogens (primary N) is 1. The van der Waals surface area contributed by atoms with Crippen LogP contribution in [0.4, 0.5) is 0 Å². The maximum absolute atomic E-state index is 8.71. The van der Waals surface area contributed by atoms with Crippen molar-refractivity contribution in [2.24, 2.45) is 5.73 Å². The van der Waals surface area contributed by atoms with E-state index >= 15 is 0 Å². The van der Waals surface area contributed by atoms with Gasteiger partial charge in [0.1, 0.15) is 0 Å². The lowest BCUT2D eigenvalue weighted by atomic mass is 9.83. The SMILES string of the molecule is N[C@H](CCCCB(O)O)CCN1CCSCC1. The maximum atomic E-state index is 8.71. The van der Waals surface area contributed by atoms with Crippen LogP contribution in [0.25, 0.3) is 0 Å². The third-order valence-corrected chi connectivity index (χ3v) is 4.15. The summed E-state index contributed by atoms with van der Waals surface area (Å²) in [5, 5.41) is 17.4. The molecule has 100 valence electrons. The van der Waals surface area contributed by atoms with E-state index in [1.165, 1.54) is 24.6 Å². The Morgan fingerprint density at radius 2 is 1.88 bits per heavy atom. The lowest BCUT2D eigenvalue weighted by Gasteiger charge is -2.27. The summed E-state index contributed by atoms with van der Waals surface area (Å²) < 4.78 is 0. The molecule has 1 heterocycles. The lowest BCUT2D eigenvalue weighted by molar-refractivity contribution is 0.286. The fraction of sp³-hybridized carbons (Fsp3) is 1.00. The molecule has 1 saturated heterocycles. The van der Waals surface area contributed by atoms with Crippen molar-refractivity contribution in [3.05, 3.63) is 0 Å². The molecule has 0 bridgehead atoms. The van der Waals surface area contributed by atoms with Crippen molar-refractivity contribution in [3.8, 4) is 0 Å². The van der Waals surface area contributed by atoms with Gasteiger partial charge in [0.2, 0.25) is 0 Å². The molecule has 1 aliphatic heterocycles. The van der Waals surface area contributed by atoms with Crippen molar-refractivity contribution in [3.63, 3.8) is 0 Å². The molecule has 0 unspecified atom stereocenters. The van der Waals surface area contributed by atoms with E-state index in [2.05, 4.69) is 4.90 Å². The van der Waals surface area contributed by atoms with E-state index in [-0.39, 0.29) is 6.04 Å². The molecule has 1 atom stereocenters. The van der Waals surface area contributed by atoms with Gasteiger partial charge >= 0.3 is 7.12 Å². The summed E-state index contributed by atoms with van der Waals surface area (Å²) in [6.45, 7) is 3.52. The highest BCUT2D eigenvalue weighted by Gasteiger charge is 2.12. The normalized spacial score (nSPS) is 19.2. The van der Waals surface area contributed by atoms with Crippen LogP contribution in [0.1, 0.15) is 25.7 Å². The second-order valence-electron chi connectivity index (χ2n) is 4.77. The molecule has 0 aromatic rings. The Labute approximate surface area is 109 Å². The Bertz CT molecular complexity index is 192. The first-order valence-corrected chi connectivity index (χ1v) is 7.76. The molecule has 0 amide bonds. The summed E-state index contributed by atoms with van der Waals surface area (Å²) in [5.41, 5.74) is 6.05. The van der Waals surface area contributed by atoms with E-state index in [1.807, 2.05) is 11.8 Å². The summed E-state index contributed by atoms with van der Waals surface area (Å²) in [7, 11) is -1.16. The van der Waals surface area contributed by atoms with E-state index in [0.717, 1.165) is 32.2 Å². The maximum Gasteiger partial charge on any atom is 0.451 e. The van der Waals surface area contributed by atoms with Crippen molar-refractivity contribution in [1.82, 2.24) is 4.90 Å². The molecule has 1 aliphatic rings. The van der Waals surface area contributed by atoms with Crippen molar-refractivity contribution in [2.75, 3.05) is 31.1 Å². The summed E-state index contributed by atoms with van der Waals surface area (Å²) in [6, 6.07) is 0.264. The van der Waals surface area contributed by atoms with E-state index in [0.29, 0.717) is 6.32 Å². The Morgan fingerprint density at radius 1 is 1.18 bits per heavy atom. The minimum atomic E-state index is -1.16. The van der Waals surface area contributed by atoms with Crippen LogP contribution in [0.5, 0.6) is 0 Å². The molecule has 0 spiro atoms. The average Bonchev–Trinajstić information content (AvgIpc) is 2.33. The zero-order valence-corrected chi connectivity index (χ0v) is 11.4. The Balaban J connectivity index is 1.94. The number of hydrogen-bond donors (Lipinski definition) is 3. The van der Waals surface area contributed by atoms with Crippen LogP contribution in [0.2, 0.25) is 6.32 Å². The standard InChI is InChI=1S/C11H25BN2O2S/c13-11(3-1-2-5-12(15)16)4-6-14-7-9-17-10-8-14/h11,15-16H,1-10,13H2/t11-/m1/s1. The number of hydrogen-bond acceptors (Lipinski definition) is 5. The molecular formula is C11H25BN2O2S. The molecule has 0 aromatic heterocycles. The number of thioether (sulfide) groups is 1. The smallest absolute Gasteiger partial charge is 0.427 e. The van der Waals surface area contributed by atoms with E-state index in [1.54, 1.807) is 0 Å². The van der Waals surface area contributed by atoms with Crippen molar-refractivity contribution >= 4 is 18.9 Å². The van der Waals surface area contributed by atoms with Gasteiger partial charge < -0.3 is 20.7 Å². The van der Waals surface area contributed by atoms with Gasteiger partial charge in [0.15, 0.2) is 0 Å².